The highest BCUT2D eigenvalue weighted by molar-refractivity contribution is 5.79. The highest BCUT2D eigenvalue weighted by Gasteiger charge is 2.19. The van der Waals surface area contributed by atoms with Crippen LogP contribution in [0.5, 0.6) is 0 Å². The Bertz CT molecular complexity index is 731. The summed E-state index contributed by atoms with van der Waals surface area (Å²) in [7, 11) is 1.66. The largest absolute Gasteiger partial charge is 0.389 e. The molecule has 0 atom stereocenters. The Balaban J connectivity index is 2.11. The monoisotopic (exact) mass is 303 g/mol. The number of nitrogens with zero attached hydrogens (tertiary/aromatic N) is 3. The molecule has 0 aliphatic rings. The Kier molecular flexibility index (Phi) is 4.61. The predicted molar refractivity (Wildman–Crippen MR) is 84.6 cm³/mol. The van der Waals surface area contributed by atoms with E-state index in [-0.39, 0.29) is 24.3 Å². The Morgan fingerprint density at radius 2 is 2.05 bits per heavy atom. The topological polar surface area (TPSA) is 75.4 Å². The maximum absolute atomic E-state index is 12.1. The van der Waals surface area contributed by atoms with Crippen LogP contribution < -0.4 is 5.43 Å². The molecule has 1 heterocycles. The first-order valence-corrected chi connectivity index (χ1v) is 7.19. The van der Waals surface area contributed by atoms with Crippen LogP contribution in [0.4, 0.5) is 0 Å². The van der Waals surface area contributed by atoms with Crippen LogP contribution in [0.15, 0.2) is 35.3 Å². The molecule has 1 aromatic heterocycles. The third-order valence-electron chi connectivity index (χ3n) is 3.35. The number of amides is 1. The highest BCUT2D eigenvalue weighted by Crippen LogP contribution is 2.09. The summed E-state index contributed by atoms with van der Waals surface area (Å²) < 4.78 is 1.66. The Labute approximate surface area is 129 Å². The lowest BCUT2D eigenvalue weighted by Gasteiger charge is -2.25. The molecule has 6 heteroatoms. The van der Waals surface area contributed by atoms with Crippen LogP contribution in [0.3, 0.4) is 0 Å². The Morgan fingerprint density at radius 1 is 1.36 bits per heavy atom. The van der Waals surface area contributed by atoms with Crippen LogP contribution in [-0.4, -0.2) is 44.9 Å². The van der Waals surface area contributed by atoms with Gasteiger partial charge < -0.3 is 10.0 Å². The molecule has 1 N–H and O–H groups in total. The lowest BCUT2D eigenvalue weighted by Crippen LogP contribution is -2.40. The fourth-order valence-electron chi connectivity index (χ4n) is 2.40. The van der Waals surface area contributed by atoms with Gasteiger partial charge in [0.15, 0.2) is 0 Å². The molecule has 0 fully saturated rings. The SMILES string of the molecule is CN(CC(C)(C)O)C(=O)CCn1ncc(=O)c2ccccc21. The van der Waals surface area contributed by atoms with E-state index in [4.69, 9.17) is 0 Å². The quantitative estimate of drug-likeness (QED) is 0.894. The van der Waals surface area contributed by atoms with Crippen LogP contribution in [0.25, 0.3) is 10.9 Å². The molecular formula is C16H21N3O3. The van der Waals surface area contributed by atoms with Gasteiger partial charge in [-0.05, 0) is 26.0 Å². The minimum absolute atomic E-state index is 0.0771. The van der Waals surface area contributed by atoms with Crippen molar-refractivity contribution >= 4 is 16.8 Å². The summed E-state index contributed by atoms with van der Waals surface area (Å²) in [5.41, 5.74) is -0.336. The zero-order valence-electron chi connectivity index (χ0n) is 13.1. The van der Waals surface area contributed by atoms with E-state index >= 15 is 0 Å². The molecule has 6 nitrogen and oxygen atoms in total. The molecule has 0 spiro atoms. The molecule has 22 heavy (non-hydrogen) atoms. The van der Waals surface area contributed by atoms with Crippen molar-refractivity contribution < 1.29 is 9.90 Å². The van der Waals surface area contributed by atoms with Gasteiger partial charge >= 0.3 is 0 Å². The highest BCUT2D eigenvalue weighted by atomic mass is 16.3. The molecule has 2 rings (SSSR count). The number of aliphatic hydroxyl groups is 1. The molecule has 0 aliphatic heterocycles. The van der Waals surface area contributed by atoms with Crippen LogP contribution in [-0.2, 0) is 11.3 Å². The smallest absolute Gasteiger partial charge is 0.224 e. The van der Waals surface area contributed by atoms with Gasteiger partial charge in [-0.2, -0.15) is 5.10 Å². The van der Waals surface area contributed by atoms with E-state index in [9.17, 15) is 14.7 Å². The standard InChI is InChI=1S/C16H21N3O3/c1-16(2,22)11-18(3)15(21)8-9-19-13-7-5-4-6-12(13)14(20)10-17-19/h4-7,10,22H,8-9,11H2,1-3H3. The first-order chi connectivity index (χ1) is 10.3. The van der Waals surface area contributed by atoms with E-state index < -0.39 is 5.60 Å². The summed E-state index contributed by atoms with van der Waals surface area (Å²) in [5, 5.41) is 14.4. The summed E-state index contributed by atoms with van der Waals surface area (Å²) in [4.78, 5) is 25.4. The number of hydrogen-bond acceptors (Lipinski definition) is 4. The minimum atomic E-state index is -0.924. The van der Waals surface area contributed by atoms with Gasteiger partial charge in [-0.3, -0.25) is 14.3 Å². The summed E-state index contributed by atoms with van der Waals surface area (Å²) in [6.07, 6.45) is 1.53. The summed E-state index contributed by atoms with van der Waals surface area (Å²) in [5.74, 6) is -0.0771. The lowest BCUT2D eigenvalue weighted by molar-refractivity contribution is -0.132. The van der Waals surface area contributed by atoms with Gasteiger partial charge in [-0.1, -0.05) is 12.1 Å². The number of rotatable bonds is 5. The van der Waals surface area contributed by atoms with Crippen LogP contribution in [0.2, 0.25) is 0 Å². The van der Waals surface area contributed by atoms with Gasteiger partial charge in [0.1, 0.15) is 0 Å². The number of hydrogen-bond donors (Lipinski definition) is 1. The second-order valence-electron chi connectivity index (χ2n) is 6.06. The van der Waals surface area contributed by atoms with Crippen molar-refractivity contribution in [2.24, 2.45) is 0 Å². The van der Waals surface area contributed by atoms with Gasteiger partial charge in [-0.15, -0.1) is 0 Å². The molecule has 118 valence electrons. The number of fused-ring (bicyclic) bond motifs is 1. The van der Waals surface area contributed by atoms with Crippen LogP contribution >= 0.6 is 0 Å². The summed E-state index contributed by atoms with van der Waals surface area (Å²) in [6.45, 7) is 3.97. The van der Waals surface area contributed by atoms with E-state index in [1.165, 1.54) is 11.1 Å². The van der Waals surface area contributed by atoms with E-state index in [2.05, 4.69) is 5.10 Å². The van der Waals surface area contributed by atoms with Gasteiger partial charge in [0, 0.05) is 25.4 Å². The van der Waals surface area contributed by atoms with Crippen molar-refractivity contribution in [1.29, 1.82) is 0 Å². The number of para-hydroxylation sites is 1. The molecule has 1 aromatic carbocycles. The van der Waals surface area contributed by atoms with Crippen molar-refractivity contribution in [2.45, 2.75) is 32.4 Å². The number of carbonyl (C=O) groups is 1. The first kappa shape index (κ1) is 16.2. The van der Waals surface area contributed by atoms with Crippen molar-refractivity contribution in [3.8, 4) is 0 Å². The number of aryl methyl sites for hydroxylation is 1. The zero-order valence-corrected chi connectivity index (χ0v) is 13.1. The normalized spacial score (nSPS) is 11.6. The Hall–Kier alpha value is -2.21. The van der Waals surface area contributed by atoms with E-state index in [1.54, 1.807) is 37.7 Å². The van der Waals surface area contributed by atoms with Crippen molar-refractivity contribution in [3.63, 3.8) is 0 Å². The zero-order chi connectivity index (χ0) is 16.3. The third-order valence-corrected chi connectivity index (χ3v) is 3.35. The number of carbonyl (C=O) groups excluding carboxylic acids is 1. The van der Waals surface area contributed by atoms with Crippen LogP contribution in [0.1, 0.15) is 20.3 Å². The molecule has 0 aliphatic carbocycles. The van der Waals surface area contributed by atoms with Gasteiger partial charge in [0.2, 0.25) is 11.3 Å². The molecule has 1 amide bonds. The number of aromatic nitrogens is 2. The maximum atomic E-state index is 12.1. The fourth-order valence-corrected chi connectivity index (χ4v) is 2.40. The second kappa shape index (κ2) is 6.27. The average molecular weight is 303 g/mol. The molecule has 0 unspecified atom stereocenters. The first-order valence-electron chi connectivity index (χ1n) is 7.19. The van der Waals surface area contributed by atoms with Gasteiger partial charge in [0.05, 0.1) is 23.9 Å². The Morgan fingerprint density at radius 3 is 2.73 bits per heavy atom. The molecular weight excluding hydrogens is 282 g/mol. The summed E-state index contributed by atoms with van der Waals surface area (Å²) in [6, 6.07) is 7.20. The van der Waals surface area contributed by atoms with E-state index in [0.717, 1.165) is 0 Å². The maximum Gasteiger partial charge on any atom is 0.224 e. The van der Waals surface area contributed by atoms with E-state index in [0.29, 0.717) is 17.4 Å². The number of likely N-dealkylation sites (N-methyl/N-ethyl adjacent to an activating group) is 1. The summed E-state index contributed by atoms with van der Waals surface area (Å²) >= 11 is 0. The van der Waals surface area contributed by atoms with Crippen molar-refractivity contribution in [1.82, 2.24) is 14.7 Å². The minimum Gasteiger partial charge on any atom is -0.389 e. The molecule has 2 aromatic rings. The molecule has 0 saturated heterocycles. The van der Waals surface area contributed by atoms with Crippen molar-refractivity contribution in [3.05, 3.63) is 40.7 Å². The molecule has 0 radical (unpaired) electrons. The van der Waals surface area contributed by atoms with Gasteiger partial charge in [-0.25, -0.2) is 0 Å². The van der Waals surface area contributed by atoms with Crippen LogP contribution in [0, 0.1) is 0 Å². The second-order valence-corrected chi connectivity index (χ2v) is 6.06. The van der Waals surface area contributed by atoms with E-state index in [1.807, 2.05) is 12.1 Å². The average Bonchev–Trinajstić information content (AvgIpc) is 2.45. The third kappa shape index (κ3) is 3.92. The van der Waals surface area contributed by atoms with Gasteiger partial charge in [0.25, 0.3) is 0 Å². The van der Waals surface area contributed by atoms with Crippen molar-refractivity contribution in [2.75, 3.05) is 13.6 Å². The lowest BCUT2D eigenvalue weighted by atomic mass is 10.1. The molecule has 0 saturated carbocycles. The predicted octanol–water partition coefficient (Wildman–Crippen LogP) is 1.02. The fraction of sp³-hybridized carbons (Fsp3) is 0.438. The number of benzene rings is 1. The molecule has 0 bridgehead atoms.